The molecule has 1 aliphatic rings. The average molecular weight is 349 g/mol. The van der Waals surface area contributed by atoms with Crippen molar-refractivity contribution >= 4 is 12.7 Å². The van der Waals surface area contributed by atoms with Gasteiger partial charge in [-0.3, -0.25) is 0 Å². The first-order valence-electron chi connectivity index (χ1n) is 9.75. The lowest BCUT2D eigenvalue weighted by Gasteiger charge is -2.40. The summed E-state index contributed by atoms with van der Waals surface area (Å²) < 4.78 is 0. The summed E-state index contributed by atoms with van der Waals surface area (Å²) in [7, 11) is 1.97. The molecule has 1 saturated carbocycles. The van der Waals surface area contributed by atoms with Gasteiger partial charge in [0.05, 0.1) is 0 Å². The number of hydrogen-bond donors (Lipinski definition) is 2. The number of phenols is 2. The van der Waals surface area contributed by atoms with Gasteiger partial charge in [0, 0.05) is 5.41 Å². The summed E-state index contributed by atoms with van der Waals surface area (Å²) in [4.78, 5) is 0. The second-order valence-corrected chi connectivity index (χ2v) is 8.69. The number of benzene rings is 2. The van der Waals surface area contributed by atoms with Gasteiger partial charge in [-0.05, 0) is 52.5 Å². The highest BCUT2D eigenvalue weighted by atomic mass is 16.3. The van der Waals surface area contributed by atoms with Crippen LogP contribution in [0.5, 0.6) is 11.5 Å². The molecule has 3 rings (SSSR count). The first kappa shape index (κ1) is 18.9. The van der Waals surface area contributed by atoms with Gasteiger partial charge in [0.1, 0.15) is 11.5 Å². The maximum atomic E-state index is 10.4. The first-order valence-corrected chi connectivity index (χ1v) is 9.75. The van der Waals surface area contributed by atoms with Crippen LogP contribution in [0.15, 0.2) is 36.4 Å². The molecule has 0 spiro atoms. The van der Waals surface area contributed by atoms with Crippen LogP contribution in [0.3, 0.4) is 0 Å². The fourth-order valence-electron chi connectivity index (χ4n) is 4.42. The first-order chi connectivity index (χ1) is 12.3. The van der Waals surface area contributed by atoms with Gasteiger partial charge in [-0.15, -0.1) is 0 Å². The Kier molecular flexibility index (Phi) is 5.10. The van der Waals surface area contributed by atoms with E-state index in [2.05, 4.69) is 45.0 Å². The molecule has 2 N–H and O–H groups in total. The summed E-state index contributed by atoms with van der Waals surface area (Å²) in [6.07, 6.45) is 5.90. The topological polar surface area (TPSA) is 40.5 Å². The van der Waals surface area contributed by atoms with Gasteiger partial charge in [0.2, 0.25) is 0 Å². The fraction of sp³-hybridized carbons (Fsp3) is 0.478. The monoisotopic (exact) mass is 349 g/mol. The maximum absolute atomic E-state index is 10.4. The van der Waals surface area contributed by atoms with E-state index in [1.807, 2.05) is 26.2 Å². The number of hydrogen-bond acceptors (Lipinski definition) is 2. The van der Waals surface area contributed by atoms with Crippen molar-refractivity contribution in [2.45, 2.75) is 70.5 Å². The van der Waals surface area contributed by atoms with Crippen LogP contribution in [-0.4, -0.2) is 17.5 Å². The Morgan fingerprint density at radius 3 is 2.00 bits per heavy atom. The Morgan fingerprint density at radius 1 is 0.846 bits per heavy atom. The van der Waals surface area contributed by atoms with Gasteiger partial charge in [-0.1, -0.05) is 71.1 Å². The molecule has 0 amide bonds. The van der Waals surface area contributed by atoms with E-state index in [0.717, 1.165) is 23.9 Å². The van der Waals surface area contributed by atoms with Gasteiger partial charge in [0.15, 0.2) is 7.28 Å². The average Bonchev–Trinajstić information content (AvgIpc) is 2.62. The predicted molar refractivity (Wildman–Crippen MR) is 110 cm³/mol. The second-order valence-electron chi connectivity index (χ2n) is 8.69. The molecule has 0 atom stereocenters. The van der Waals surface area contributed by atoms with Crippen LogP contribution in [0.25, 0.3) is 0 Å². The number of phenolic OH excluding ortho intramolecular Hbond substituents is 2. The quantitative estimate of drug-likeness (QED) is 0.764. The van der Waals surface area contributed by atoms with E-state index in [4.69, 9.17) is 0 Å². The molecule has 0 unspecified atom stereocenters. The van der Waals surface area contributed by atoms with Gasteiger partial charge < -0.3 is 10.2 Å². The van der Waals surface area contributed by atoms with Crippen molar-refractivity contribution in [3.63, 3.8) is 0 Å². The van der Waals surface area contributed by atoms with Gasteiger partial charge in [-0.25, -0.2) is 0 Å². The lowest BCUT2D eigenvalue weighted by molar-refractivity contribution is 0.344. The van der Waals surface area contributed by atoms with Crippen LogP contribution in [0.1, 0.15) is 69.6 Å². The third-order valence-corrected chi connectivity index (χ3v) is 5.96. The highest BCUT2D eigenvalue weighted by Gasteiger charge is 2.37. The van der Waals surface area contributed by atoms with E-state index in [-0.39, 0.29) is 10.8 Å². The molecule has 26 heavy (non-hydrogen) atoms. The van der Waals surface area contributed by atoms with E-state index < -0.39 is 0 Å². The van der Waals surface area contributed by atoms with Crippen molar-refractivity contribution in [3.8, 4) is 11.5 Å². The summed E-state index contributed by atoms with van der Waals surface area (Å²) in [5.74, 6) is 0.712. The fourth-order valence-corrected chi connectivity index (χ4v) is 4.42. The third-order valence-electron chi connectivity index (χ3n) is 5.96. The molecular weight excluding hydrogens is 319 g/mol. The molecular formula is C23H30BO2. The van der Waals surface area contributed by atoms with Gasteiger partial charge in [-0.2, -0.15) is 0 Å². The lowest BCUT2D eigenvalue weighted by atomic mass is 9.62. The van der Waals surface area contributed by atoms with E-state index in [9.17, 15) is 10.2 Å². The molecule has 0 aliphatic heterocycles. The number of aromatic hydroxyl groups is 2. The van der Waals surface area contributed by atoms with Crippen molar-refractivity contribution in [1.82, 2.24) is 0 Å². The summed E-state index contributed by atoms with van der Waals surface area (Å²) in [5.41, 5.74) is 4.30. The smallest absolute Gasteiger partial charge is 0.153 e. The summed E-state index contributed by atoms with van der Waals surface area (Å²) in [6, 6.07) is 12.2. The summed E-state index contributed by atoms with van der Waals surface area (Å²) >= 11 is 0. The Bertz CT molecular complexity index is 783. The van der Waals surface area contributed by atoms with Crippen molar-refractivity contribution in [3.05, 3.63) is 53.1 Å². The van der Waals surface area contributed by atoms with Crippen LogP contribution in [0.2, 0.25) is 6.82 Å². The summed E-state index contributed by atoms with van der Waals surface area (Å²) in [6.45, 7) is 8.39. The normalized spacial score (nSPS) is 17.1. The lowest BCUT2D eigenvalue weighted by Crippen LogP contribution is -2.32. The Labute approximate surface area is 158 Å². The van der Waals surface area contributed by atoms with Gasteiger partial charge >= 0.3 is 0 Å². The molecule has 1 radical (unpaired) electrons. The third kappa shape index (κ3) is 3.36. The maximum Gasteiger partial charge on any atom is 0.153 e. The summed E-state index contributed by atoms with van der Waals surface area (Å²) in [5, 5.41) is 20.5. The minimum atomic E-state index is -0.104. The molecule has 0 aromatic heterocycles. The molecule has 0 bridgehead atoms. The van der Waals surface area contributed by atoms with E-state index >= 15 is 0 Å². The zero-order valence-electron chi connectivity index (χ0n) is 16.5. The van der Waals surface area contributed by atoms with Crippen molar-refractivity contribution in [2.75, 3.05) is 0 Å². The standard InChI is InChI=1S/C23H30BO2/c1-22(2,3)18-14-16(8-10-20(18)25)23(12-6-5-7-13-23)17-9-11-21(26)19(15-17)24-4/h8-11,14-15,25-26H,5-7,12-13H2,1-4H3. The molecule has 2 nitrogen and oxygen atoms in total. The minimum absolute atomic E-state index is 0.0442. The predicted octanol–water partition coefficient (Wildman–Crippen LogP) is 5.02. The zero-order valence-corrected chi connectivity index (χ0v) is 16.5. The van der Waals surface area contributed by atoms with E-state index in [1.165, 1.54) is 30.4 Å². The van der Waals surface area contributed by atoms with Crippen LogP contribution in [0, 0.1) is 0 Å². The molecule has 0 heterocycles. The van der Waals surface area contributed by atoms with E-state index in [1.54, 1.807) is 0 Å². The zero-order chi connectivity index (χ0) is 18.9. The molecule has 137 valence electrons. The van der Waals surface area contributed by atoms with Crippen LogP contribution < -0.4 is 5.46 Å². The Balaban J connectivity index is 2.18. The SMILES string of the molecule is C[B]c1cc(C2(c3ccc(O)c(C(C)(C)C)c3)CCCCC2)ccc1O. The Morgan fingerprint density at radius 2 is 1.42 bits per heavy atom. The molecule has 0 saturated heterocycles. The van der Waals surface area contributed by atoms with Crippen molar-refractivity contribution < 1.29 is 10.2 Å². The molecule has 2 aromatic rings. The molecule has 3 heteroatoms. The molecule has 1 fully saturated rings. The largest absolute Gasteiger partial charge is 0.509 e. The van der Waals surface area contributed by atoms with Gasteiger partial charge in [0.25, 0.3) is 0 Å². The minimum Gasteiger partial charge on any atom is -0.509 e. The second kappa shape index (κ2) is 7.02. The van der Waals surface area contributed by atoms with Crippen LogP contribution >= 0.6 is 0 Å². The highest BCUT2D eigenvalue weighted by Crippen LogP contribution is 2.46. The van der Waals surface area contributed by atoms with Crippen LogP contribution in [-0.2, 0) is 10.8 Å². The van der Waals surface area contributed by atoms with Crippen molar-refractivity contribution in [1.29, 1.82) is 0 Å². The Hall–Kier alpha value is -1.90. The highest BCUT2D eigenvalue weighted by molar-refractivity contribution is 6.53. The number of rotatable bonds is 3. The van der Waals surface area contributed by atoms with Crippen molar-refractivity contribution in [2.24, 2.45) is 0 Å². The molecule has 2 aromatic carbocycles. The van der Waals surface area contributed by atoms with Crippen LogP contribution in [0.4, 0.5) is 0 Å². The molecule has 1 aliphatic carbocycles. The van der Waals surface area contributed by atoms with E-state index in [0.29, 0.717) is 11.5 Å².